The number of rotatable bonds is 6. The van der Waals surface area contributed by atoms with Crippen molar-refractivity contribution in [1.82, 2.24) is 15.0 Å². The summed E-state index contributed by atoms with van der Waals surface area (Å²) in [5.41, 5.74) is 0.0676. The van der Waals surface area contributed by atoms with Gasteiger partial charge in [-0.05, 0) is 40.5 Å². The summed E-state index contributed by atoms with van der Waals surface area (Å²) >= 11 is 0. The van der Waals surface area contributed by atoms with Gasteiger partial charge in [-0.3, -0.25) is 0 Å². The van der Waals surface area contributed by atoms with E-state index in [-0.39, 0.29) is 11.6 Å². The number of hydrogen-bond donors (Lipinski definition) is 2. The summed E-state index contributed by atoms with van der Waals surface area (Å²) in [6.07, 6.45) is 6.16. The van der Waals surface area contributed by atoms with E-state index in [9.17, 15) is 0 Å². The average Bonchev–Trinajstić information content (AvgIpc) is 2.38. The van der Waals surface area contributed by atoms with Crippen molar-refractivity contribution in [3.63, 3.8) is 0 Å². The molecule has 1 aliphatic carbocycles. The SMILES string of the molecule is CCNc1nc(NC2(C)CCCCC2)nc(OC(C)C)n1. The molecule has 0 amide bonds. The van der Waals surface area contributed by atoms with E-state index in [1.54, 1.807) is 0 Å². The van der Waals surface area contributed by atoms with Crippen LogP contribution >= 0.6 is 0 Å². The van der Waals surface area contributed by atoms with E-state index in [0.717, 1.165) is 19.4 Å². The number of hydrogen-bond acceptors (Lipinski definition) is 6. The second kappa shape index (κ2) is 6.91. The van der Waals surface area contributed by atoms with Crippen molar-refractivity contribution >= 4 is 11.9 Å². The van der Waals surface area contributed by atoms with Gasteiger partial charge in [0.2, 0.25) is 11.9 Å². The predicted octanol–water partition coefficient (Wildman–Crippen LogP) is 3.23. The first-order valence-corrected chi connectivity index (χ1v) is 7.95. The van der Waals surface area contributed by atoms with Gasteiger partial charge in [0.1, 0.15) is 0 Å². The highest BCUT2D eigenvalue weighted by Crippen LogP contribution is 2.30. The third kappa shape index (κ3) is 4.72. The van der Waals surface area contributed by atoms with E-state index in [1.807, 2.05) is 20.8 Å². The molecule has 1 heterocycles. The molecule has 6 nitrogen and oxygen atoms in total. The zero-order chi connectivity index (χ0) is 15.3. The molecule has 2 N–H and O–H groups in total. The van der Waals surface area contributed by atoms with Gasteiger partial charge in [-0.1, -0.05) is 19.3 Å². The molecular weight excluding hydrogens is 266 g/mol. The number of nitrogens with zero attached hydrogens (tertiary/aromatic N) is 3. The Hall–Kier alpha value is -1.59. The van der Waals surface area contributed by atoms with Gasteiger partial charge in [-0.15, -0.1) is 0 Å². The van der Waals surface area contributed by atoms with Crippen LogP contribution in [0.2, 0.25) is 0 Å². The molecule has 0 saturated heterocycles. The Labute approximate surface area is 127 Å². The van der Waals surface area contributed by atoms with E-state index in [2.05, 4.69) is 32.5 Å². The van der Waals surface area contributed by atoms with Crippen LogP contribution in [0.5, 0.6) is 6.01 Å². The molecule has 118 valence electrons. The van der Waals surface area contributed by atoms with Crippen LogP contribution in [0.15, 0.2) is 0 Å². The number of aromatic nitrogens is 3. The van der Waals surface area contributed by atoms with Crippen molar-refractivity contribution in [3.8, 4) is 6.01 Å². The molecule has 0 spiro atoms. The summed E-state index contributed by atoms with van der Waals surface area (Å²) in [6, 6.07) is 0.373. The number of anilines is 2. The highest BCUT2D eigenvalue weighted by Gasteiger charge is 2.27. The van der Waals surface area contributed by atoms with Crippen molar-refractivity contribution in [3.05, 3.63) is 0 Å². The molecule has 0 aliphatic heterocycles. The molecule has 1 aromatic rings. The number of nitrogens with one attached hydrogen (secondary N) is 2. The van der Waals surface area contributed by atoms with Crippen LogP contribution in [-0.2, 0) is 0 Å². The van der Waals surface area contributed by atoms with E-state index in [1.165, 1.54) is 19.3 Å². The van der Waals surface area contributed by atoms with Crippen LogP contribution in [0, 0.1) is 0 Å². The highest BCUT2D eigenvalue weighted by atomic mass is 16.5. The van der Waals surface area contributed by atoms with Gasteiger partial charge >= 0.3 is 6.01 Å². The molecule has 6 heteroatoms. The lowest BCUT2D eigenvalue weighted by atomic mass is 9.83. The van der Waals surface area contributed by atoms with Crippen LogP contribution < -0.4 is 15.4 Å². The molecule has 0 aromatic carbocycles. The summed E-state index contributed by atoms with van der Waals surface area (Å²) < 4.78 is 5.62. The number of ether oxygens (including phenoxy) is 1. The second-order valence-corrected chi connectivity index (χ2v) is 6.21. The Morgan fingerprint density at radius 2 is 1.76 bits per heavy atom. The maximum atomic E-state index is 5.62. The lowest BCUT2D eigenvalue weighted by molar-refractivity contribution is 0.222. The normalized spacial score (nSPS) is 17.6. The molecule has 1 saturated carbocycles. The molecule has 2 rings (SSSR count). The Morgan fingerprint density at radius 1 is 1.10 bits per heavy atom. The lowest BCUT2D eigenvalue weighted by Crippen LogP contribution is -2.37. The van der Waals surface area contributed by atoms with Gasteiger partial charge < -0.3 is 15.4 Å². The van der Waals surface area contributed by atoms with E-state index in [4.69, 9.17) is 4.74 Å². The smallest absolute Gasteiger partial charge is 0.323 e. The minimum absolute atomic E-state index is 0.0417. The Morgan fingerprint density at radius 3 is 2.38 bits per heavy atom. The topological polar surface area (TPSA) is 72.0 Å². The van der Waals surface area contributed by atoms with Gasteiger partial charge in [0, 0.05) is 12.1 Å². The maximum Gasteiger partial charge on any atom is 0.323 e. The summed E-state index contributed by atoms with van der Waals surface area (Å²) in [5.74, 6) is 1.16. The Bertz CT molecular complexity index is 457. The predicted molar refractivity (Wildman–Crippen MR) is 84.9 cm³/mol. The van der Waals surface area contributed by atoms with Gasteiger partial charge in [0.05, 0.1) is 6.10 Å². The first-order valence-electron chi connectivity index (χ1n) is 7.95. The zero-order valence-corrected chi connectivity index (χ0v) is 13.6. The highest BCUT2D eigenvalue weighted by molar-refractivity contribution is 5.38. The van der Waals surface area contributed by atoms with Crippen molar-refractivity contribution in [2.24, 2.45) is 0 Å². The summed E-state index contributed by atoms with van der Waals surface area (Å²) in [4.78, 5) is 13.1. The molecule has 0 atom stereocenters. The van der Waals surface area contributed by atoms with Crippen LogP contribution in [-0.4, -0.2) is 33.1 Å². The molecule has 0 radical (unpaired) electrons. The van der Waals surface area contributed by atoms with Gasteiger partial charge in [-0.2, -0.15) is 15.0 Å². The fourth-order valence-electron chi connectivity index (χ4n) is 2.64. The zero-order valence-electron chi connectivity index (χ0n) is 13.6. The van der Waals surface area contributed by atoms with Crippen LogP contribution in [0.1, 0.15) is 59.8 Å². The quantitative estimate of drug-likeness (QED) is 0.839. The first-order chi connectivity index (χ1) is 10.0. The third-order valence-corrected chi connectivity index (χ3v) is 3.66. The van der Waals surface area contributed by atoms with Crippen molar-refractivity contribution in [1.29, 1.82) is 0 Å². The molecule has 0 unspecified atom stereocenters. The Balaban J connectivity index is 2.18. The molecule has 21 heavy (non-hydrogen) atoms. The minimum atomic E-state index is 0.0417. The fraction of sp³-hybridized carbons (Fsp3) is 0.800. The van der Waals surface area contributed by atoms with Gasteiger partial charge in [-0.25, -0.2) is 0 Å². The van der Waals surface area contributed by atoms with Crippen LogP contribution in [0.4, 0.5) is 11.9 Å². The van der Waals surface area contributed by atoms with E-state index in [0.29, 0.717) is 17.9 Å². The van der Waals surface area contributed by atoms with Gasteiger partial charge in [0.25, 0.3) is 0 Å². The third-order valence-electron chi connectivity index (χ3n) is 3.66. The summed E-state index contributed by atoms with van der Waals surface area (Å²) in [7, 11) is 0. The fourth-order valence-corrected chi connectivity index (χ4v) is 2.64. The van der Waals surface area contributed by atoms with E-state index >= 15 is 0 Å². The summed E-state index contributed by atoms with van der Waals surface area (Å²) in [5, 5.41) is 6.62. The maximum absolute atomic E-state index is 5.62. The van der Waals surface area contributed by atoms with Crippen LogP contribution in [0.25, 0.3) is 0 Å². The van der Waals surface area contributed by atoms with Crippen molar-refractivity contribution in [2.75, 3.05) is 17.2 Å². The standard InChI is InChI=1S/C15H27N5O/c1-5-16-12-17-13(19-14(18-12)21-11(2)3)20-15(4)9-7-6-8-10-15/h11H,5-10H2,1-4H3,(H2,16,17,18,19,20). The molecule has 0 bridgehead atoms. The molecule has 1 aromatic heterocycles. The van der Waals surface area contributed by atoms with Crippen molar-refractivity contribution in [2.45, 2.75) is 71.4 Å². The monoisotopic (exact) mass is 293 g/mol. The molecule has 1 aliphatic rings. The van der Waals surface area contributed by atoms with E-state index < -0.39 is 0 Å². The first kappa shape index (κ1) is 15.8. The van der Waals surface area contributed by atoms with Crippen LogP contribution in [0.3, 0.4) is 0 Å². The lowest BCUT2D eigenvalue weighted by Gasteiger charge is -2.34. The molecule has 1 fully saturated rings. The molecular formula is C15H27N5O. The minimum Gasteiger partial charge on any atom is -0.461 e. The summed E-state index contributed by atoms with van der Waals surface area (Å²) in [6.45, 7) is 8.95. The Kier molecular flexibility index (Phi) is 5.20. The largest absolute Gasteiger partial charge is 0.461 e. The van der Waals surface area contributed by atoms with Crippen molar-refractivity contribution < 1.29 is 4.74 Å². The second-order valence-electron chi connectivity index (χ2n) is 6.21. The average molecular weight is 293 g/mol. The van der Waals surface area contributed by atoms with Gasteiger partial charge in [0.15, 0.2) is 0 Å².